The maximum absolute atomic E-state index is 3.56. The predicted molar refractivity (Wildman–Crippen MR) is 91.8 cm³/mol. The van der Waals surface area contributed by atoms with E-state index in [-0.39, 0.29) is 0 Å². The van der Waals surface area contributed by atoms with Crippen LogP contribution in [0, 0.1) is 5.92 Å². The molecule has 0 amide bonds. The fourth-order valence-corrected chi connectivity index (χ4v) is 2.83. The third-order valence-corrected chi connectivity index (χ3v) is 4.71. The van der Waals surface area contributed by atoms with E-state index in [9.17, 15) is 0 Å². The number of likely N-dealkylation sites (N-methyl/N-ethyl adjacent to an activating group) is 1. The lowest BCUT2D eigenvalue weighted by Crippen LogP contribution is -2.43. The summed E-state index contributed by atoms with van der Waals surface area (Å²) in [6.07, 6.45) is 2.51. The quantitative estimate of drug-likeness (QED) is 0.831. The average molecular weight is 289 g/mol. The molecule has 1 aliphatic heterocycles. The third kappa shape index (κ3) is 5.33. The zero-order valence-corrected chi connectivity index (χ0v) is 13.9. The molecule has 0 spiro atoms. The van der Waals surface area contributed by atoms with Gasteiger partial charge in [0.15, 0.2) is 0 Å². The van der Waals surface area contributed by atoms with Crippen LogP contribution in [0.5, 0.6) is 0 Å². The van der Waals surface area contributed by atoms with Crippen molar-refractivity contribution in [3.05, 3.63) is 29.8 Å². The number of hydrogen-bond acceptors (Lipinski definition) is 3. The Morgan fingerprint density at radius 3 is 2.19 bits per heavy atom. The minimum atomic E-state index is 0.787. The zero-order valence-electron chi connectivity index (χ0n) is 13.9. The van der Waals surface area contributed by atoms with Crippen molar-refractivity contribution >= 4 is 5.69 Å². The van der Waals surface area contributed by atoms with Crippen LogP contribution < -0.4 is 5.32 Å². The Morgan fingerprint density at radius 1 is 1.00 bits per heavy atom. The molecule has 118 valence electrons. The largest absolute Gasteiger partial charge is 0.385 e. The summed E-state index contributed by atoms with van der Waals surface area (Å²) in [5.41, 5.74) is 2.68. The van der Waals surface area contributed by atoms with Crippen molar-refractivity contribution in [2.24, 2.45) is 5.92 Å². The molecule has 1 aromatic rings. The molecule has 0 unspecified atom stereocenters. The Bertz CT molecular complexity index is 389. The lowest BCUT2D eigenvalue weighted by Gasteiger charge is -2.32. The number of hydrogen-bond donors (Lipinski definition) is 1. The van der Waals surface area contributed by atoms with Gasteiger partial charge < -0.3 is 10.2 Å². The first-order chi connectivity index (χ1) is 10.2. The number of piperazine rings is 1. The third-order valence-electron chi connectivity index (χ3n) is 4.71. The normalized spacial score (nSPS) is 17.3. The minimum absolute atomic E-state index is 0.787. The highest BCUT2D eigenvalue weighted by Crippen LogP contribution is 2.14. The number of nitrogens with one attached hydrogen (secondary N) is 1. The first-order valence-corrected chi connectivity index (χ1v) is 8.45. The second-order valence-corrected chi connectivity index (χ2v) is 6.34. The van der Waals surface area contributed by atoms with Crippen molar-refractivity contribution in [2.75, 3.05) is 45.1 Å². The monoisotopic (exact) mass is 289 g/mol. The van der Waals surface area contributed by atoms with E-state index in [4.69, 9.17) is 0 Å². The van der Waals surface area contributed by atoms with Gasteiger partial charge in [0, 0.05) is 45.0 Å². The SMILES string of the molecule is CCC(CC)CNc1ccc(CN2CCN(C)CC2)cc1. The summed E-state index contributed by atoms with van der Waals surface area (Å²) in [5.74, 6) is 0.787. The predicted octanol–water partition coefficient (Wildman–Crippen LogP) is 3.28. The first kappa shape index (κ1) is 16.3. The van der Waals surface area contributed by atoms with E-state index < -0.39 is 0 Å². The molecule has 0 aliphatic carbocycles. The van der Waals surface area contributed by atoms with E-state index in [1.54, 1.807) is 0 Å². The van der Waals surface area contributed by atoms with Gasteiger partial charge in [0.1, 0.15) is 0 Å². The van der Waals surface area contributed by atoms with E-state index in [0.29, 0.717) is 0 Å². The van der Waals surface area contributed by atoms with Gasteiger partial charge >= 0.3 is 0 Å². The molecular formula is C18H31N3. The lowest BCUT2D eigenvalue weighted by molar-refractivity contribution is 0.148. The van der Waals surface area contributed by atoms with Gasteiger partial charge in [0.25, 0.3) is 0 Å². The maximum atomic E-state index is 3.56. The molecular weight excluding hydrogens is 258 g/mol. The van der Waals surface area contributed by atoms with Crippen LogP contribution in [0.1, 0.15) is 32.3 Å². The number of benzene rings is 1. The van der Waals surface area contributed by atoms with E-state index in [2.05, 4.69) is 60.3 Å². The van der Waals surface area contributed by atoms with Crippen LogP contribution in [-0.4, -0.2) is 49.6 Å². The molecule has 0 saturated carbocycles. The van der Waals surface area contributed by atoms with Crippen LogP contribution in [0.3, 0.4) is 0 Å². The van der Waals surface area contributed by atoms with Gasteiger partial charge in [-0.05, 0) is 30.7 Å². The van der Waals surface area contributed by atoms with Crippen molar-refractivity contribution < 1.29 is 0 Å². The van der Waals surface area contributed by atoms with E-state index >= 15 is 0 Å². The van der Waals surface area contributed by atoms with Crippen LogP contribution in [0.15, 0.2) is 24.3 Å². The van der Waals surface area contributed by atoms with Crippen molar-refractivity contribution in [1.29, 1.82) is 0 Å². The van der Waals surface area contributed by atoms with Crippen molar-refractivity contribution in [1.82, 2.24) is 9.80 Å². The highest BCUT2D eigenvalue weighted by molar-refractivity contribution is 5.44. The van der Waals surface area contributed by atoms with E-state index in [0.717, 1.165) is 19.0 Å². The van der Waals surface area contributed by atoms with Gasteiger partial charge in [-0.3, -0.25) is 4.90 Å². The molecule has 0 atom stereocenters. The standard InChI is InChI=1S/C18H31N3/c1-4-16(5-2)14-19-18-8-6-17(7-9-18)15-21-12-10-20(3)11-13-21/h6-9,16,19H,4-5,10-15H2,1-3H3. The minimum Gasteiger partial charge on any atom is -0.385 e. The van der Waals surface area contributed by atoms with Crippen LogP contribution in [0.25, 0.3) is 0 Å². The molecule has 2 rings (SSSR count). The van der Waals surface area contributed by atoms with Gasteiger partial charge in [-0.2, -0.15) is 0 Å². The van der Waals surface area contributed by atoms with Crippen molar-refractivity contribution in [3.63, 3.8) is 0 Å². The van der Waals surface area contributed by atoms with Crippen LogP contribution in [0.2, 0.25) is 0 Å². The molecule has 1 heterocycles. The number of nitrogens with zero attached hydrogens (tertiary/aromatic N) is 2. The van der Waals surface area contributed by atoms with Gasteiger partial charge in [0.2, 0.25) is 0 Å². The molecule has 0 aromatic heterocycles. The summed E-state index contributed by atoms with van der Waals surface area (Å²) >= 11 is 0. The van der Waals surface area contributed by atoms with Crippen LogP contribution >= 0.6 is 0 Å². The number of anilines is 1. The Balaban J connectivity index is 1.79. The Labute approximate surface area is 130 Å². The molecule has 1 aromatic carbocycles. The molecule has 1 saturated heterocycles. The summed E-state index contributed by atoms with van der Waals surface area (Å²) in [7, 11) is 2.21. The molecule has 3 heteroatoms. The number of rotatable bonds is 7. The topological polar surface area (TPSA) is 18.5 Å². The molecule has 0 bridgehead atoms. The van der Waals surface area contributed by atoms with Gasteiger partial charge in [-0.25, -0.2) is 0 Å². The molecule has 3 nitrogen and oxygen atoms in total. The Hall–Kier alpha value is -1.06. The average Bonchev–Trinajstić information content (AvgIpc) is 2.52. The van der Waals surface area contributed by atoms with Gasteiger partial charge in [-0.1, -0.05) is 38.8 Å². The summed E-state index contributed by atoms with van der Waals surface area (Å²) in [4.78, 5) is 4.95. The van der Waals surface area contributed by atoms with Crippen LogP contribution in [0.4, 0.5) is 5.69 Å². The van der Waals surface area contributed by atoms with Crippen molar-refractivity contribution in [2.45, 2.75) is 33.2 Å². The Kier molecular flexibility index (Phi) is 6.52. The van der Waals surface area contributed by atoms with Gasteiger partial charge in [-0.15, -0.1) is 0 Å². The zero-order chi connectivity index (χ0) is 15.1. The molecule has 1 fully saturated rings. The highest BCUT2D eigenvalue weighted by Gasteiger charge is 2.13. The maximum Gasteiger partial charge on any atom is 0.0340 e. The second-order valence-electron chi connectivity index (χ2n) is 6.34. The summed E-state index contributed by atoms with van der Waals surface area (Å²) in [6.45, 7) is 11.5. The molecule has 1 aliphatic rings. The van der Waals surface area contributed by atoms with Crippen molar-refractivity contribution in [3.8, 4) is 0 Å². The smallest absolute Gasteiger partial charge is 0.0340 e. The van der Waals surface area contributed by atoms with Gasteiger partial charge in [0.05, 0.1) is 0 Å². The summed E-state index contributed by atoms with van der Waals surface area (Å²) in [5, 5.41) is 3.56. The van der Waals surface area contributed by atoms with Crippen LogP contribution in [-0.2, 0) is 6.54 Å². The summed E-state index contributed by atoms with van der Waals surface area (Å²) < 4.78 is 0. The fourth-order valence-electron chi connectivity index (χ4n) is 2.83. The summed E-state index contributed by atoms with van der Waals surface area (Å²) in [6, 6.07) is 9.00. The fraction of sp³-hybridized carbons (Fsp3) is 0.667. The Morgan fingerprint density at radius 2 is 1.62 bits per heavy atom. The molecule has 0 radical (unpaired) electrons. The second kappa shape index (κ2) is 8.40. The molecule has 21 heavy (non-hydrogen) atoms. The van der Waals surface area contributed by atoms with E-state index in [1.165, 1.54) is 50.3 Å². The molecule has 1 N–H and O–H groups in total. The lowest BCUT2D eigenvalue weighted by atomic mass is 10.0. The first-order valence-electron chi connectivity index (χ1n) is 8.45. The van der Waals surface area contributed by atoms with E-state index in [1.807, 2.05) is 0 Å². The highest BCUT2D eigenvalue weighted by atomic mass is 15.2.